The van der Waals surface area contributed by atoms with Crippen LogP contribution < -0.4 is 5.73 Å². The topological polar surface area (TPSA) is 69.1 Å². The second-order valence-electron chi connectivity index (χ2n) is 4.43. The van der Waals surface area contributed by atoms with Crippen molar-refractivity contribution in [3.63, 3.8) is 0 Å². The lowest BCUT2D eigenvalue weighted by Crippen LogP contribution is -2.26. The molecule has 0 amide bonds. The molecule has 16 heavy (non-hydrogen) atoms. The number of aliphatic imine (C=N–C) groups is 1. The summed E-state index contributed by atoms with van der Waals surface area (Å²) in [5.41, 5.74) is 6.01. The van der Waals surface area contributed by atoms with Crippen LogP contribution in [0.5, 0.6) is 0 Å². The van der Waals surface area contributed by atoms with Crippen LogP contribution in [-0.4, -0.2) is 20.6 Å². The SMILES string of the molecule is Cn1cnnc1CN=C(N)C1CCCCC1. The van der Waals surface area contributed by atoms with Crippen molar-refractivity contribution in [3.05, 3.63) is 12.2 Å². The Balaban J connectivity index is 1.93. The zero-order valence-electron chi connectivity index (χ0n) is 9.76. The summed E-state index contributed by atoms with van der Waals surface area (Å²) in [5.74, 6) is 2.14. The van der Waals surface area contributed by atoms with E-state index < -0.39 is 0 Å². The summed E-state index contributed by atoms with van der Waals surface area (Å²) in [6.45, 7) is 0.541. The standard InChI is InChI=1S/C11H19N5/c1-16-8-14-15-10(16)7-13-11(12)9-5-3-2-4-6-9/h8-9H,2-7H2,1H3,(H2,12,13). The van der Waals surface area contributed by atoms with E-state index in [4.69, 9.17) is 5.73 Å². The smallest absolute Gasteiger partial charge is 0.154 e. The molecule has 0 unspecified atom stereocenters. The number of nitrogens with two attached hydrogens (primary N) is 1. The molecule has 5 heteroatoms. The van der Waals surface area contributed by atoms with Crippen LogP contribution in [0.4, 0.5) is 0 Å². The zero-order valence-corrected chi connectivity index (χ0v) is 9.76. The first-order valence-electron chi connectivity index (χ1n) is 5.90. The van der Waals surface area contributed by atoms with Gasteiger partial charge in [-0.1, -0.05) is 19.3 Å². The van der Waals surface area contributed by atoms with Gasteiger partial charge in [0.2, 0.25) is 0 Å². The van der Waals surface area contributed by atoms with Crippen LogP contribution in [0.25, 0.3) is 0 Å². The van der Waals surface area contributed by atoms with Gasteiger partial charge >= 0.3 is 0 Å². The normalized spacial score (nSPS) is 18.9. The van der Waals surface area contributed by atoms with Gasteiger partial charge in [0.1, 0.15) is 12.9 Å². The Kier molecular flexibility index (Phi) is 3.54. The molecule has 5 nitrogen and oxygen atoms in total. The Bertz CT molecular complexity index is 362. The Morgan fingerprint density at radius 2 is 2.25 bits per heavy atom. The largest absolute Gasteiger partial charge is 0.387 e. The van der Waals surface area contributed by atoms with Gasteiger partial charge < -0.3 is 10.3 Å². The van der Waals surface area contributed by atoms with E-state index in [1.807, 2.05) is 11.6 Å². The van der Waals surface area contributed by atoms with E-state index in [0.29, 0.717) is 12.5 Å². The summed E-state index contributed by atoms with van der Waals surface area (Å²) in [6, 6.07) is 0. The summed E-state index contributed by atoms with van der Waals surface area (Å²) < 4.78 is 1.87. The van der Waals surface area contributed by atoms with Crippen LogP contribution >= 0.6 is 0 Å². The quantitative estimate of drug-likeness (QED) is 0.617. The van der Waals surface area contributed by atoms with Crippen molar-refractivity contribution < 1.29 is 0 Å². The molecular weight excluding hydrogens is 202 g/mol. The molecule has 88 valence electrons. The van der Waals surface area contributed by atoms with Crippen LogP contribution in [0.1, 0.15) is 37.9 Å². The van der Waals surface area contributed by atoms with Crippen LogP contribution in [0.15, 0.2) is 11.3 Å². The lowest BCUT2D eigenvalue weighted by atomic mass is 9.88. The molecule has 1 fully saturated rings. The fourth-order valence-electron chi connectivity index (χ4n) is 2.14. The first-order valence-corrected chi connectivity index (χ1v) is 5.90. The molecule has 1 aromatic heterocycles. The van der Waals surface area contributed by atoms with Crippen LogP contribution in [-0.2, 0) is 13.6 Å². The number of rotatable bonds is 3. The second kappa shape index (κ2) is 5.09. The molecular formula is C11H19N5. The molecule has 0 aliphatic heterocycles. The van der Waals surface area contributed by atoms with Gasteiger partial charge in [0.05, 0.1) is 5.84 Å². The third-order valence-corrected chi connectivity index (χ3v) is 3.23. The molecule has 1 heterocycles. The number of aromatic nitrogens is 3. The maximum atomic E-state index is 6.01. The molecule has 1 aliphatic carbocycles. The summed E-state index contributed by atoms with van der Waals surface area (Å²) in [5, 5.41) is 7.80. The van der Waals surface area contributed by atoms with Crippen molar-refractivity contribution in [3.8, 4) is 0 Å². The Labute approximate surface area is 95.8 Å². The lowest BCUT2D eigenvalue weighted by molar-refractivity contribution is 0.436. The van der Waals surface area contributed by atoms with Crippen molar-refractivity contribution in [2.24, 2.45) is 23.7 Å². The Hall–Kier alpha value is -1.39. The predicted octanol–water partition coefficient (Wildman–Crippen LogP) is 1.25. The Morgan fingerprint density at radius 1 is 1.50 bits per heavy atom. The highest BCUT2D eigenvalue weighted by molar-refractivity contribution is 5.82. The summed E-state index contributed by atoms with van der Waals surface area (Å²) in [6.07, 6.45) is 7.96. The van der Waals surface area contributed by atoms with Crippen molar-refractivity contribution in [2.75, 3.05) is 0 Å². The number of aryl methyl sites for hydroxylation is 1. The van der Waals surface area contributed by atoms with Gasteiger partial charge in [-0.25, -0.2) is 0 Å². The van der Waals surface area contributed by atoms with Gasteiger partial charge in [-0.2, -0.15) is 0 Å². The van der Waals surface area contributed by atoms with E-state index in [9.17, 15) is 0 Å². The molecule has 1 saturated carbocycles. The van der Waals surface area contributed by atoms with Crippen molar-refractivity contribution in [2.45, 2.75) is 38.6 Å². The number of hydrogen-bond acceptors (Lipinski definition) is 3. The molecule has 0 atom stereocenters. The van der Waals surface area contributed by atoms with Crippen LogP contribution in [0.3, 0.4) is 0 Å². The minimum absolute atomic E-state index is 0.488. The maximum absolute atomic E-state index is 6.01. The molecule has 0 bridgehead atoms. The average Bonchev–Trinajstić information content (AvgIpc) is 2.73. The molecule has 0 radical (unpaired) electrons. The fourth-order valence-corrected chi connectivity index (χ4v) is 2.14. The zero-order chi connectivity index (χ0) is 11.4. The van der Waals surface area contributed by atoms with Gasteiger partial charge in [0.15, 0.2) is 5.82 Å². The number of amidine groups is 1. The lowest BCUT2D eigenvalue weighted by Gasteiger charge is -2.20. The first-order chi connectivity index (χ1) is 7.77. The van der Waals surface area contributed by atoms with E-state index in [-0.39, 0.29) is 0 Å². The average molecular weight is 221 g/mol. The third kappa shape index (κ3) is 2.59. The van der Waals surface area contributed by atoms with Crippen molar-refractivity contribution in [1.82, 2.24) is 14.8 Å². The van der Waals surface area contributed by atoms with Gasteiger partial charge in [0, 0.05) is 13.0 Å². The highest BCUT2D eigenvalue weighted by Crippen LogP contribution is 2.23. The van der Waals surface area contributed by atoms with Gasteiger partial charge in [-0.15, -0.1) is 10.2 Å². The highest BCUT2D eigenvalue weighted by Gasteiger charge is 2.16. The monoisotopic (exact) mass is 221 g/mol. The molecule has 1 aliphatic rings. The molecule has 0 saturated heterocycles. The second-order valence-corrected chi connectivity index (χ2v) is 4.43. The van der Waals surface area contributed by atoms with Gasteiger partial charge in [-0.3, -0.25) is 4.99 Å². The third-order valence-electron chi connectivity index (χ3n) is 3.23. The summed E-state index contributed by atoms with van der Waals surface area (Å²) in [7, 11) is 1.92. The predicted molar refractivity (Wildman–Crippen MR) is 62.9 cm³/mol. The number of hydrogen-bond donors (Lipinski definition) is 1. The minimum Gasteiger partial charge on any atom is -0.387 e. The Morgan fingerprint density at radius 3 is 2.88 bits per heavy atom. The summed E-state index contributed by atoms with van der Waals surface area (Å²) >= 11 is 0. The van der Waals surface area contributed by atoms with Crippen molar-refractivity contribution >= 4 is 5.84 Å². The number of nitrogens with zero attached hydrogens (tertiary/aromatic N) is 4. The molecule has 0 aromatic carbocycles. The summed E-state index contributed by atoms with van der Waals surface area (Å²) in [4.78, 5) is 4.42. The first kappa shape index (κ1) is 11.1. The molecule has 2 rings (SSSR count). The van der Waals surface area contributed by atoms with Crippen molar-refractivity contribution in [1.29, 1.82) is 0 Å². The maximum Gasteiger partial charge on any atom is 0.154 e. The molecule has 0 spiro atoms. The molecule has 1 aromatic rings. The fraction of sp³-hybridized carbons (Fsp3) is 0.727. The highest BCUT2D eigenvalue weighted by atomic mass is 15.3. The van der Waals surface area contributed by atoms with E-state index in [1.165, 1.54) is 32.1 Å². The van der Waals surface area contributed by atoms with Crippen LogP contribution in [0, 0.1) is 5.92 Å². The van der Waals surface area contributed by atoms with Gasteiger partial charge in [-0.05, 0) is 12.8 Å². The van der Waals surface area contributed by atoms with Gasteiger partial charge in [0.25, 0.3) is 0 Å². The van der Waals surface area contributed by atoms with E-state index in [0.717, 1.165) is 11.7 Å². The van der Waals surface area contributed by atoms with E-state index in [1.54, 1.807) is 6.33 Å². The molecule has 2 N–H and O–H groups in total. The van der Waals surface area contributed by atoms with E-state index >= 15 is 0 Å². The minimum atomic E-state index is 0.488. The van der Waals surface area contributed by atoms with Crippen LogP contribution in [0.2, 0.25) is 0 Å². The van der Waals surface area contributed by atoms with E-state index in [2.05, 4.69) is 15.2 Å².